The summed E-state index contributed by atoms with van der Waals surface area (Å²) in [5.74, 6) is -0.156. The Morgan fingerprint density at radius 1 is 1.39 bits per heavy atom. The Bertz CT molecular complexity index is 268. The predicted molar refractivity (Wildman–Crippen MR) is 67.1 cm³/mol. The number of aliphatic hydroxyl groups is 2. The summed E-state index contributed by atoms with van der Waals surface area (Å²) in [6.45, 7) is 2.92. The lowest BCUT2D eigenvalue weighted by Gasteiger charge is -2.38. The van der Waals surface area contributed by atoms with Crippen molar-refractivity contribution < 1.29 is 19.7 Å². The van der Waals surface area contributed by atoms with Crippen LogP contribution in [0.3, 0.4) is 0 Å². The molecule has 1 heterocycles. The quantitative estimate of drug-likeness (QED) is 0.485. The summed E-state index contributed by atoms with van der Waals surface area (Å²) in [6.07, 6.45) is 1.39. The largest absolute Gasteiger partial charge is 0.394 e. The molecule has 18 heavy (non-hydrogen) atoms. The third-order valence-corrected chi connectivity index (χ3v) is 3.58. The van der Waals surface area contributed by atoms with Crippen molar-refractivity contribution >= 4 is 5.91 Å². The highest BCUT2D eigenvalue weighted by atomic mass is 16.5. The summed E-state index contributed by atoms with van der Waals surface area (Å²) in [5.41, 5.74) is -1.55. The van der Waals surface area contributed by atoms with Gasteiger partial charge in [0.15, 0.2) is 0 Å². The van der Waals surface area contributed by atoms with Crippen LogP contribution in [0, 0.1) is 5.41 Å². The lowest BCUT2D eigenvalue weighted by atomic mass is 9.78. The molecule has 6 nitrogen and oxygen atoms in total. The van der Waals surface area contributed by atoms with Crippen LogP contribution in [-0.4, -0.2) is 61.7 Å². The second-order valence-corrected chi connectivity index (χ2v) is 5.29. The molecule has 0 unspecified atom stereocenters. The maximum atomic E-state index is 12.4. The Morgan fingerprint density at radius 2 is 1.94 bits per heavy atom. The highest BCUT2D eigenvalue weighted by molar-refractivity contribution is 5.83. The summed E-state index contributed by atoms with van der Waals surface area (Å²) in [7, 11) is 1.58. The Hall–Kier alpha value is -0.690. The third-order valence-electron chi connectivity index (χ3n) is 3.58. The minimum Gasteiger partial charge on any atom is -0.394 e. The molecule has 0 radical (unpaired) electrons. The molecule has 1 aliphatic heterocycles. The number of amides is 1. The maximum absolute atomic E-state index is 12.4. The number of piperidine rings is 1. The molecule has 6 heteroatoms. The summed E-state index contributed by atoms with van der Waals surface area (Å²) < 4.78 is 5.17. The molecule has 0 aromatic heterocycles. The minimum atomic E-state index is -0.983. The van der Waals surface area contributed by atoms with Gasteiger partial charge in [-0.15, -0.1) is 0 Å². The second kappa shape index (κ2) is 6.47. The molecule has 1 saturated heterocycles. The predicted octanol–water partition coefficient (Wildman–Crippen LogP) is -1.14. The molecule has 1 rings (SSSR count). The summed E-state index contributed by atoms with van der Waals surface area (Å²) in [6, 6.07) is 0. The van der Waals surface area contributed by atoms with E-state index >= 15 is 0 Å². The van der Waals surface area contributed by atoms with Crippen molar-refractivity contribution in [2.45, 2.75) is 25.3 Å². The summed E-state index contributed by atoms with van der Waals surface area (Å²) in [4.78, 5) is 12.4. The van der Waals surface area contributed by atoms with Gasteiger partial charge >= 0.3 is 0 Å². The Kier molecular flexibility index (Phi) is 5.52. The molecular weight excluding hydrogens is 236 g/mol. The minimum absolute atomic E-state index is 0.156. The maximum Gasteiger partial charge on any atom is 0.229 e. The van der Waals surface area contributed by atoms with Crippen LogP contribution < -0.4 is 10.6 Å². The van der Waals surface area contributed by atoms with Gasteiger partial charge in [-0.3, -0.25) is 4.79 Å². The van der Waals surface area contributed by atoms with Gasteiger partial charge in [-0.2, -0.15) is 0 Å². The Labute approximate surface area is 108 Å². The smallest absolute Gasteiger partial charge is 0.229 e. The number of hydrogen-bond donors (Lipinski definition) is 4. The van der Waals surface area contributed by atoms with Crippen molar-refractivity contribution in [2.24, 2.45) is 5.41 Å². The molecular formula is C12H24N2O4. The number of methoxy groups -OCH3 is 1. The number of rotatable bonds is 6. The second-order valence-electron chi connectivity index (χ2n) is 5.29. The van der Waals surface area contributed by atoms with E-state index in [1.54, 1.807) is 14.0 Å². The Morgan fingerprint density at radius 3 is 2.39 bits per heavy atom. The topological polar surface area (TPSA) is 90.8 Å². The van der Waals surface area contributed by atoms with E-state index in [2.05, 4.69) is 10.6 Å². The van der Waals surface area contributed by atoms with Crippen molar-refractivity contribution in [3.8, 4) is 0 Å². The monoisotopic (exact) mass is 260 g/mol. The molecule has 0 atom stereocenters. The molecule has 0 spiro atoms. The fourth-order valence-electron chi connectivity index (χ4n) is 2.15. The average molecular weight is 260 g/mol. The fourth-order valence-corrected chi connectivity index (χ4v) is 2.15. The van der Waals surface area contributed by atoms with Crippen LogP contribution in [0.2, 0.25) is 0 Å². The molecule has 106 valence electrons. The van der Waals surface area contributed by atoms with E-state index in [4.69, 9.17) is 4.74 Å². The molecule has 1 aliphatic rings. The van der Waals surface area contributed by atoms with Crippen LogP contribution in [0.15, 0.2) is 0 Å². The van der Waals surface area contributed by atoms with Crippen LogP contribution in [0.4, 0.5) is 0 Å². The zero-order valence-corrected chi connectivity index (χ0v) is 11.2. The van der Waals surface area contributed by atoms with Crippen LogP contribution in [0.25, 0.3) is 0 Å². The van der Waals surface area contributed by atoms with Gasteiger partial charge in [0.25, 0.3) is 0 Å². The van der Waals surface area contributed by atoms with Gasteiger partial charge in [-0.05, 0) is 32.9 Å². The first kappa shape index (κ1) is 15.4. The van der Waals surface area contributed by atoms with E-state index < -0.39 is 11.0 Å². The lowest BCUT2D eigenvalue weighted by molar-refractivity contribution is -0.139. The number of hydrogen-bond acceptors (Lipinski definition) is 5. The molecule has 1 amide bonds. The van der Waals surface area contributed by atoms with Gasteiger partial charge in [-0.1, -0.05) is 0 Å². The van der Waals surface area contributed by atoms with Gasteiger partial charge < -0.3 is 25.6 Å². The number of carbonyl (C=O) groups is 1. The molecule has 0 aromatic rings. The van der Waals surface area contributed by atoms with E-state index in [9.17, 15) is 15.0 Å². The van der Waals surface area contributed by atoms with Crippen molar-refractivity contribution in [3.63, 3.8) is 0 Å². The first-order valence-electron chi connectivity index (χ1n) is 6.26. The van der Waals surface area contributed by atoms with Crippen molar-refractivity contribution in [3.05, 3.63) is 0 Å². The zero-order chi connectivity index (χ0) is 13.6. The molecule has 0 aliphatic carbocycles. The van der Waals surface area contributed by atoms with Crippen molar-refractivity contribution in [1.29, 1.82) is 0 Å². The molecule has 0 saturated carbocycles. The van der Waals surface area contributed by atoms with Gasteiger partial charge in [0.1, 0.15) is 0 Å². The molecule has 0 bridgehead atoms. The first-order chi connectivity index (χ1) is 8.52. The average Bonchev–Trinajstić information content (AvgIpc) is 2.40. The fraction of sp³-hybridized carbons (Fsp3) is 0.917. The molecule has 4 N–H and O–H groups in total. The molecule has 1 fully saturated rings. The van der Waals surface area contributed by atoms with E-state index in [1.165, 1.54) is 0 Å². The van der Waals surface area contributed by atoms with Crippen molar-refractivity contribution in [1.82, 2.24) is 10.6 Å². The number of aliphatic hydroxyl groups excluding tert-OH is 2. The van der Waals surface area contributed by atoms with Crippen LogP contribution in [0.1, 0.15) is 19.8 Å². The van der Waals surface area contributed by atoms with Crippen molar-refractivity contribution in [2.75, 3.05) is 40.0 Å². The summed E-state index contributed by atoms with van der Waals surface area (Å²) in [5, 5.41) is 24.4. The zero-order valence-electron chi connectivity index (χ0n) is 11.2. The van der Waals surface area contributed by atoms with E-state index in [0.29, 0.717) is 19.4 Å². The highest BCUT2D eigenvalue weighted by Gasteiger charge is 2.42. The first-order valence-corrected chi connectivity index (χ1v) is 6.26. The van der Waals surface area contributed by atoms with Gasteiger partial charge in [0.2, 0.25) is 5.91 Å². The number of carbonyl (C=O) groups excluding carboxylic acids is 1. The van der Waals surface area contributed by atoms with E-state index in [-0.39, 0.29) is 19.1 Å². The number of ether oxygens (including phenoxy) is 1. The van der Waals surface area contributed by atoms with Gasteiger partial charge in [-0.25, -0.2) is 0 Å². The van der Waals surface area contributed by atoms with Gasteiger partial charge in [0, 0.05) is 7.11 Å². The van der Waals surface area contributed by atoms with Crippen LogP contribution in [-0.2, 0) is 9.53 Å². The lowest BCUT2D eigenvalue weighted by Crippen LogP contribution is -2.59. The normalized spacial score (nSPS) is 19.6. The highest BCUT2D eigenvalue weighted by Crippen LogP contribution is 2.30. The summed E-state index contributed by atoms with van der Waals surface area (Å²) >= 11 is 0. The number of nitrogens with one attached hydrogen (secondary N) is 2. The third kappa shape index (κ3) is 3.41. The SMILES string of the molecule is COCC1(C(=O)NC(C)(CO)CO)CCNCC1. The molecule has 0 aromatic carbocycles. The standard InChI is InChI=1S/C12H24N2O4/c1-11(7-15,8-16)14-10(17)12(9-18-2)3-5-13-6-4-12/h13,15-16H,3-9H2,1-2H3,(H,14,17). The van der Waals surface area contributed by atoms with Gasteiger partial charge in [0.05, 0.1) is 30.8 Å². The van der Waals surface area contributed by atoms with Crippen LogP contribution in [0.5, 0.6) is 0 Å². The van der Waals surface area contributed by atoms with Crippen LogP contribution >= 0.6 is 0 Å². The Balaban J connectivity index is 2.76. The van der Waals surface area contributed by atoms with E-state index in [1.807, 2.05) is 0 Å². The van der Waals surface area contributed by atoms with E-state index in [0.717, 1.165) is 13.1 Å².